The van der Waals surface area contributed by atoms with Crippen LogP contribution in [0.25, 0.3) is 0 Å². The molecular weight excluding hydrogens is 325 g/mol. The summed E-state index contributed by atoms with van der Waals surface area (Å²) in [5.41, 5.74) is 6.22. The molecule has 0 aliphatic rings. The van der Waals surface area contributed by atoms with E-state index in [4.69, 9.17) is 10.9 Å². The SMILES string of the molecule is CC(C)(CCCCNc1ccc(F)c(Br)c1)/C(N)=N/O. The number of anilines is 1. The third-order valence-electron chi connectivity index (χ3n) is 3.28. The standard InChI is InChI=1S/C14H21BrFN3O/c1-14(2,13(17)19-20)7-3-4-8-18-10-5-6-12(16)11(15)9-10/h5-6,9,18,20H,3-4,7-8H2,1-2H3,(H2,17,19). The lowest BCUT2D eigenvalue weighted by atomic mass is 9.86. The van der Waals surface area contributed by atoms with Crippen LogP contribution in [0.2, 0.25) is 0 Å². The van der Waals surface area contributed by atoms with Crippen molar-refractivity contribution in [1.82, 2.24) is 0 Å². The summed E-state index contributed by atoms with van der Waals surface area (Å²) in [7, 11) is 0. The van der Waals surface area contributed by atoms with Gasteiger partial charge in [-0.05, 0) is 47.0 Å². The molecule has 112 valence electrons. The van der Waals surface area contributed by atoms with Gasteiger partial charge in [0, 0.05) is 17.6 Å². The van der Waals surface area contributed by atoms with Gasteiger partial charge in [-0.25, -0.2) is 4.39 Å². The maximum absolute atomic E-state index is 13.1. The minimum absolute atomic E-state index is 0.257. The van der Waals surface area contributed by atoms with E-state index in [0.717, 1.165) is 31.5 Å². The molecule has 20 heavy (non-hydrogen) atoms. The molecule has 1 rings (SSSR count). The molecular formula is C14H21BrFN3O. The lowest BCUT2D eigenvalue weighted by molar-refractivity contribution is 0.304. The van der Waals surface area contributed by atoms with Gasteiger partial charge in [0.15, 0.2) is 0 Å². The van der Waals surface area contributed by atoms with Gasteiger partial charge >= 0.3 is 0 Å². The van der Waals surface area contributed by atoms with Crippen LogP contribution in [0.1, 0.15) is 33.1 Å². The van der Waals surface area contributed by atoms with Crippen LogP contribution >= 0.6 is 15.9 Å². The Morgan fingerprint density at radius 2 is 2.15 bits per heavy atom. The highest BCUT2D eigenvalue weighted by Gasteiger charge is 2.22. The molecule has 0 atom stereocenters. The quantitative estimate of drug-likeness (QED) is 0.230. The largest absolute Gasteiger partial charge is 0.409 e. The minimum atomic E-state index is -0.298. The van der Waals surface area contributed by atoms with E-state index in [1.807, 2.05) is 13.8 Å². The zero-order chi connectivity index (χ0) is 15.2. The van der Waals surface area contributed by atoms with Gasteiger partial charge in [-0.2, -0.15) is 0 Å². The lowest BCUT2D eigenvalue weighted by Crippen LogP contribution is -2.31. The number of rotatable bonds is 7. The van der Waals surface area contributed by atoms with Gasteiger partial charge in [0.1, 0.15) is 11.7 Å². The third kappa shape index (κ3) is 5.00. The summed E-state index contributed by atoms with van der Waals surface area (Å²) < 4.78 is 13.5. The third-order valence-corrected chi connectivity index (χ3v) is 3.89. The molecule has 1 aromatic rings. The van der Waals surface area contributed by atoms with Gasteiger partial charge in [-0.1, -0.05) is 25.4 Å². The fourth-order valence-electron chi connectivity index (χ4n) is 1.79. The number of hydrogen-bond acceptors (Lipinski definition) is 3. The summed E-state index contributed by atoms with van der Waals surface area (Å²) in [6.45, 7) is 4.70. The van der Waals surface area contributed by atoms with Gasteiger partial charge in [0.05, 0.1) is 4.47 Å². The van der Waals surface area contributed by atoms with Crippen LogP contribution in [0, 0.1) is 11.2 Å². The lowest BCUT2D eigenvalue weighted by Gasteiger charge is -2.22. The first-order valence-corrected chi connectivity index (χ1v) is 7.33. The van der Waals surface area contributed by atoms with Crippen molar-refractivity contribution in [2.45, 2.75) is 33.1 Å². The summed E-state index contributed by atoms with van der Waals surface area (Å²) >= 11 is 3.15. The van der Waals surface area contributed by atoms with Crippen molar-refractivity contribution in [2.24, 2.45) is 16.3 Å². The fraction of sp³-hybridized carbons (Fsp3) is 0.500. The number of nitrogens with two attached hydrogens (primary N) is 1. The Morgan fingerprint density at radius 3 is 2.75 bits per heavy atom. The molecule has 0 heterocycles. The van der Waals surface area contributed by atoms with Crippen LogP contribution in [0.4, 0.5) is 10.1 Å². The Labute approximate surface area is 127 Å². The van der Waals surface area contributed by atoms with E-state index < -0.39 is 0 Å². The number of oxime groups is 1. The molecule has 0 unspecified atom stereocenters. The molecule has 0 aliphatic heterocycles. The molecule has 0 saturated carbocycles. The summed E-state index contributed by atoms with van der Waals surface area (Å²) in [5, 5.41) is 15.0. The number of unbranched alkanes of at least 4 members (excludes halogenated alkanes) is 1. The summed E-state index contributed by atoms with van der Waals surface area (Å²) in [6, 6.07) is 4.85. The van der Waals surface area contributed by atoms with E-state index in [0.29, 0.717) is 4.47 Å². The molecule has 0 amide bonds. The number of benzene rings is 1. The molecule has 0 bridgehead atoms. The Hall–Kier alpha value is -1.30. The van der Waals surface area contributed by atoms with Gasteiger partial charge < -0.3 is 16.3 Å². The molecule has 0 radical (unpaired) electrons. The second kappa shape index (κ2) is 7.47. The van der Waals surface area contributed by atoms with E-state index in [9.17, 15) is 4.39 Å². The highest BCUT2D eigenvalue weighted by atomic mass is 79.9. The second-order valence-electron chi connectivity index (χ2n) is 5.38. The number of nitrogens with one attached hydrogen (secondary N) is 1. The number of hydrogen-bond donors (Lipinski definition) is 3. The first-order chi connectivity index (χ1) is 9.36. The van der Waals surface area contributed by atoms with Crippen LogP contribution in [0.5, 0.6) is 0 Å². The maximum atomic E-state index is 13.1. The van der Waals surface area contributed by atoms with Crippen LogP contribution in [-0.4, -0.2) is 17.6 Å². The van der Waals surface area contributed by atoms with E-state index in [2.05, 4.69) is 26.4 Å². The molecule has 1 aromatic carbocycles. The van der Waals surface area contributed by atoms with Gasteiger partial charge in [-0.3, -0.25) is 0 Å². The fourth-order valence-corrected chi connectivity index (χ4v) is 2.17. The second-order valence-corrected chi connectivity index (χ2v) is 6.24. The summed E-state index contributed by atoms with van der Waals surface area (Å²) in [6.07, 6.45) is 2.76. The Kier molecular flexibility index (Phi) is 6.26. The normalized spacial score (nSPS) is 12.5. The van der Waals surface area contributed by atoms with Crippen molar-refractivity contribution >= 4 is 27.5 Å². The zero-order valence-corrected chi connectivity index (χ0v) is 13.4. The monoisotopic (exact) mass is 345 g/mol. The van der Waals surface area contributed by atoms with E-state index in [1.165, 1.54) is 6.07 Å². The Balaban J connectivity index is 2.30. The summed E-state index contributed by atoms with van der Waals surface area (Å²) in [4.78, 5) is 0. The van der Waals surface area contributed by atoms with Gasteiger partial charge in [-0.15, -0.1) is 0 Å². The average molecular weight is 346 g/mol. The van der Waals surface area contributed by atoms with E-state index in [1.54, 1.807) is 12.1 Å². The zero-order valence-electron chi connectivity index (χ0n) is 11.8. The van der Waals surface area contributed by atoms with Gasteiger partial charge in [0.25, 0.3) is 0 Å². The van der Waals surface area contributed by atoms with Crippen molar-refractivity contribution in [2.75, 3.05) is 11.9 Å². The topological polar surface area (TPSA) is 70.6 Å². The molecule has 0 aromatic heterocycles. The predicted octanol–water partition coefficient (Wildman–Crippen LogP) is 3.94. The van der Waals surface area contributed by atoms with E-state index in [-0.39, 0.29) is 17.1 Å². The van der Waals surface area contributed by atoms with Crippen LogP contribution in [0.3, 0.4) is 0 Å². The smallest absolute Gasteiger partial charge is 0.144 e. The van der Waals surface area contributed by atoms with Crippen molar-refractivity contribution in [3.63, 3.8) is 0 Å². The van der Waals surface area contributed by atoms with E-state index >= 15 is 0 Å². The molecule has 0 aliphatic carbocycles. The highest BCUT2D eigenvalue weighted by molar-refractivity contribution is 9.10. The van der Waals surface area contributed by atoms with Gasteiger partial charge in [0.2, 0.25) is 0 Å². The predicted molar refractivity (Wildman–Crippen MR) is 83.6 cm³/mol. The number of nitrogens with zero attached hydrogens (tertiary/aromatic N) is 1. The average Bonchev–Trinajstić information content (AvgIpc) is 2.41. The van der Waals surface area contributed by atoms with Crippen molar-refractivity contribution in [3.8, 4) is 0 Å². The number of halogens is 2. The van der Waals surface area contributed by atoms with Crippen LogP contribution in [-0.2, 0) is 0 Å². The molecule has 4 nitrogen and oxygen atoms in total. The Morgan fingerprint density at radius 1 is 1.45 bits per heavy atom. The first kappa shape index (κ1) is 16.8. The highest BCUT2D eigenvalue weighted by Crippen LogP contribution is 2.24. The molecule has 0 saturated heterocycles. The minimum Gasteiger partial charge on any atom is -0.409 e. The molecule has 6 heteroatoms. The van der Waals surface area contributed by atoms with Crippen molar-refractivity contribution in [3.05, 3.63) is 28.5 Å². The maximum Gasteiger partial charge on any atom is 0.144 e. The molecule has 4 N–H and O–H groups in total. The Bertz CT molecular complexity index is 477. The number of amidine groups is 1. The van der Waals surface area contributed by atoms with Crippen molar-refractivity contribution in [1.29, 1.82) is 0 Å². The molecule has 0 spiro atoms. The van der Waals surface area contributed by atoms with Crippen LogP contribution in [0.15, 0.2) is 27.8 Å². The first-order valence-electron chi connectivity index (χ1n) is 6.54. The van der Waals surface area contributed by atoms with Crippen molar-refractivity contribution < 1.29 is 9.60 Å². The van der Waals surface area contributed by atoms with Crippen LogP contribution < -0.4 is 11.1 Å². The molecule has 0 fully saturated rings. The summed E-state index contributed by atoms with van der Waals surface area (Å²) in [5.74, 6) is -0.0102.